The second-order valence-corrected chi connectivity index (χ2v) is 3.40. The third-order valence-corrected chi connectivity index (χ3v) is 2.38. The summed E-state index contributed by atoms with van der Waals surface area (Å²) in [4.78, 5) is 16.0. The van der Waals surface area contributed by atoms with Crippen molar-refractivity contribution >= 4 is 10.9 Å². The van der Waals surface area contributed by atoms with Crippen molar-refractivity contribution in [3.05, 3.63) is 40.4 Å². The summed E-state index contributed by atoms with van der Waals surface area (Å²) < 4.78 is 13.4. The normalized spacial score (nSPS) is 10.8. The first-order valence-corrected chi connectivity index (χ1v) is 4.75. The molecule has 0 bridgehead atoms. The van der Waals surface area contributed by atoms with Crippen LogP contribution in [0.3, 0.4) is 0 Å². The highest BCUT2D eigenvalue weighted by Crippen LogP contribution is 2.10. The largest absolute Gasteiger partial charge is 0.296 e. The Labute approximate surface area is 86.2 Å². The lowest BCUT2D eigenvalue weighted by atomic mass is 10.1. The number of hydrogen-bond acceptors (Lipinski definition) is 2. The third-order valence-electron chi connectivity index (χ3n) is 2.38. The molecule has 0 aliphatic carbocycles. The average molecular weight is 206 g/mol. The van der Waals surface area contributed by atoms with E-state index in [4.69, 9.17) is 0 Å². The molecule has 0 radical (unpaired) electrons. The summed E-state index contributed by atoms with van der Waals surface area (Å²) in [5.74, 6) is 0. The Morgan fingerprint density at radius 2 is 2.27 bits per heavy atom. The number of aryl methyl sites for hydroxylation is 2. The minimum absolute atomic E-state index is 0.0652. The average Bonchev–Trinajstić information content (AvgIpc) is 2.23. The monoisotopic (exact) mass is 206 g/mol. The maximum atomic E-state index is 12.2. The van der Waals surface area contributed by atoms with E-state index in [0.717, 1.165) is 5.56 Å². The van der Waals surface area contributed by atoms with Gasteiger partial charge in [0.25, 0.3) is 5.56 Å². The second kappa shape index (κ2) is 3.81. The molecule has 4 heteroatoms. The van der Waals surface area contributed by atoms with E-state index >= 15 is 0 Å². The molecular weight excluding hydrogens is 195 g/mol. The van der Waals surface area contributed by atoms with Crippen molar-refractivity contribution in [2.75, 3.05) is 6.67 Å². The first-order valence-electron chi connectivity index (χ1n) is 4.75. The van der Waals surface area contributed by atoms with Gasteiger partial charge in [-0.1, -0.05) is 12.1 Å². The van der Waals surface area contributed by atoms with Gasteiger partial charge in [-0.05, 0) is 18.6 Å². The van der Waals surface area contributed by atoms with Crippen LogP contribution in [0, 0.1) is 6.92 Å². The highest BCUT2D eigenvalue weighted by atomic mass is 19.1. The molecule has 3 nitrogen and oxygen atoms in total. The maximum absolute atomic E-state index is 12.2. The zero-order valence-corrected chi connectivity index (χ0v) is 8.40. The molecule has 0 spiro atoms. The smallest absolute Gasteiger partial charge is 0.261 e. The van der Waals surface area contributed by atoms with E-state index in [9.17, 15) is 9.18 Å². The number of rotatable bonds is 2. The second-order valence-electron chi connectivity index (χ2n) is 3.40. The van der Waals surface area contributed by atoms with E-state index in [1.807, 2.05) is 13.0 Å². The van der Waals surface area contributed by atoms with Crippen molar-refractivity contribution in [2.45, 2.75) is 13.5 Å². The predicted octanol–water partition coefficient (Wildman–Crippen LogP) is 1.67. The highest BCUT2D eigenvalue weighted by Gasteiger charge is 2.04. The molecule has 0 saturated carbocycles. The van der Waals surface area contributed by atoms with Gasteiger partial charge in [-0.15, -0.1) is 0 Å². The van der Waals surface area contributed by atoms with Crippen LogP contribution in [0.25, 0.3) is 10.9 Å². The fraction of sp³-hybridized carbons (Fsp3) is 0.273. The molecule has 0 fully saturated rings. The molecule has 1 aromatic heterocycles. The molecule has 78 valence electrons. The zero-order chi connectivity index (χ0) is 10.8. The molecule has 2 rings (SSSR count). The summed E-state index contributed by atoms with van der Waals surface area (Å²) in [7, 11) is 0. The topological polar surface area (TPSA) is 34.9 Å². The van der Waals surface area contributed by atoms with Gasteiger partial charge < -0.3 is 0 Å². The molecule has 0 aliphatic heterocycles. The molecule has 1 aromatic carbocycles. The van der Waals surface area contributed by atoms with Crippen molar-refractivity contribution in [1.29, 1.82) is 0 Å². The number of aromatic nitrogens is 2. The van der Waals surface area contributed by atoms with Crippen LogP contribution in [0.1, 0.15) is 5.56 Å². The van der Waals surface area contributed by atoms with E-state index in [-0.39, 0.29) is 12.1 Å². The molecule has 0 unspecified atom stereocenters. The Hall–Kier alpha value is -1.71. The number of halogens is 1. The van der Waals surface area contributed by atoms with Gasteiger partial charge in [0.05, 0.1) is 23.8 Å². The summed E-state index contributed by atoms with van der Waals surface area (Å²) in [5, 5.41) is 0.547. The first-order chi connectivity index (χ1) is 7.24. The van der Waals surface area contributed by atoms with E-state index < -0.39 is 6.67 Å². The lowest BCUT2D eigenvalue weighted by Crippen LogP contribution is -2.21. The van der Waals surface area contributed by atoms with Gasteiger partial charge in [0.1, 0.15) is 6.67 Å². The molecule has 0 amide bonds. The minimum atomic E-state index is -0.557. The summed E-state index contributed by atoms with van der Waals surface area (Å²) in [5.41, 5.74) is 1.47. The zero-order valence-electron chi connectivity index (χ0n) is 8.40. The number of para-hydroxylation sites is 1. The quantitative estimate of drug-likeness (QED) is 0.749. The van der Waals surface area contributed by atoms with Crippen LogP contribution in [0.5, 0.6) is 0 Å². The van der Waals surface area contributed by atoms with E-state index in [0.29, 0.717) is 10.9 Å². The summed E-state index contributed by atoms with van der Waals surface area (Å²) in [6.45, 7) is 1.41. The van der Waals surface area contributed by atoms with Crippen molar-refractivity contribution < 1.29 is 4.39 Å². The lowest BCUT2D eigenvalue weighted by molar-refractivity contribution is 0.439. The maximum Gasteiger partial charge on any atom is 0.261 e. The minimum Gasteiger partial charge on any atom is -0.296 e. The van der Waals surface area contributed by atoms with Crippen molar-refractivity contribution in [1.82, 2.24) is 9.55 Å². The van der Waals surface area contributed by atoms with Gasteiger partial charge in [0.2, 0.25) is 0 Å². The Morgan fingerprint density at radius 1 is 1.47 bits per heavy atom. The van der Waals surface area contributed by atoms with Crippen molar-refractivity contribution in [2.24, 2.45) is 0 Å². The SMILES string of the molecule is Cc1cccc2c(=O)n(CCF)cnc12. The van der Waals surface area contributed by atoms with Crippen molar-refractivity contribution in [3.63, 3.8) is 0 Å². The van der Waals surface area contributed by atoms with Gasteiger partial charge in [0, 0.05) is 0 Å². The molecule has 15 heavy (non-hydrogen) atoms. The molecule has 2 aromatic rings. The summed E-state index contributed by atoms with van der Waals surface area (Å²) >= 11 is 0. The van der Waals surface area contributed by atoms with E-state index in [1.165, 1.54) is 10.9 Å². The Bertz CT molecular complexity index is 548. The van der Waals surface area contributed by atoms with Crippen LogP contribution >= 0.6 is 0 Å². The molecule has 0 atom stereocenters. The first kappa shape index (κ1) is 9.83. The standard InChI is InChI=1S/C11H11FN2O/c1-8-3-2-4-9-10(8)13-7-14(6-5-12)11(9)15/h2-4,7H,5-6H2,1H3. The van der Waals surface area contributed by atoms with Crippen LogP contribution < -0.4 is 5.56 Å². The van der Waals surface area contributed by atoms with E-state index in [1.54, 1.807) is 12.1 Å². The van der Waals surface area contributed by atoms with Gasteiger partial charge in [-0.2, -0.15) is 0 Å². The van der Waals surface area contributed by atoms with Crippen LogP contribution in [0.4, 0.5) is 4.39 Å². The fourth-order valence-corrected chi connectivity index (χ4v) is 1.59. The van der Waals surface area contributed by atoms with Gasteiger partial charge in [-0.25, -0.2) is 9.37 Å². The van der Waals surface area contributed by atoms with Crippen LogP contribution in [0.2, 0.25) is 0 Å². The molecule has 0 saturated heterocycles. The summed E-state index contributed by atoms with van der Waals surface area (Å²) in [6.07, 6.45) is 1.40. The molecule has 0 N–H and O–H groups in total. The number of benzene rings is 1. The Balaban J connectivity index is 2.75. The van der Waals surface area contributed by atoms with E-state index in [2.05, 4.69) is 4.98 Å². The fourth-order valence-electron chi connectivity index (χ4n) is 1.59. The molecule has 1 heterocycles. The predicted molar refractivity (Wildman–Crippen MR) is 56.7 cm³/mol. The van der Waals surface area contributed by atoms with Crippen LogP contribution in [-0.4, -0.2) is 16.2 Å². The van der Waals surface area contributed by atoms with Crippen LogP contribution in [-0.2, 0) is 6.54 Å². The lowest BCUT2D eigenvalue weighted by Gasteiger charge is -2.04. The van der Waals surface area contributed by atoms with Gasteiger partial charge in [0.15, 0.2) is 0 Å². The van der Waals surface area contributed by atoms with Gasteiger partial charge >= 0.3 is 0 Å². The highest BCUT2D eigenvalue weighted by molar-refractivity contribution is 5.80. The number of alkyl halides is 1. The van der Waals surface area contributed by atoms with Gasteiger partial charge in [-0.3, -0.25) is 9.36 Å². The number of hydrogen-bond donors (Lipinski definition) is 0. The molecule has 0 aliphatic rings. The number of fused-ring (bicyclic) bond motifs is 1. The Kier molecular flexibility index (Phi) is 2.49. The summed E-state index contributed by atoms with van der Waals surface area (Å²) in [6, 6.07) is 5.42. The van der Waals surface area contributed by atoms with Crippen LogP contribution in [0.15, 0.2) is 29.3 Å². The van der Waals surface area contributed by atoms with Crippen molar-refractivity contribution in [3.8, 4) is 0 Å². The Morgan fingerprint density at radius 3 is 3.00 bits per heavy atom. The molecular formula is C11H11FN2O. The third kappa shape index (κ3) is 1.63. The number of nitrogens with zero attached hydrogens (tertiary/aromatic N) is 2.